The molecule has 0 amide bonds. The Hall–Kier alpha value is -0.720. The Balaban J connectivity index is 1.45. The highest BCUT2D eigenvalue weighted by Gasteiger charge is 2.59. The quantitative estimate of drug-likeness (QED) is 0.164. The van der Waals surface area contributed by atoms with Crippen LogP contribution in [0.4, 0.5) is 0 Å². The lowest BCUT2D eigenvalue weighted by Gasteiger charge is -2.56. The van der Waals surface area contributed by atoms with Crippen LogP contribution in [0.2, 0.25) is 0 Å². The molecule has 6 heteroatoms. The summed E-state index contributed by atoms with van der Waals surface area (Å²) in [5.74, 6) is 1.34. The van der Waals surface area contributed by atoms with Gasteiger partial charge in [0.25, 0.3) is 0 Å². The molecule has 0 spiro atoms. The second-order valence-electron chi connectivity index (χ2n) is 10.6. The van der Waals surface area contributed by atoms with Gasteiger partial charge in [0.2, 0.25) is 0 Å². The molecule has 3 fully saturated rings. The van der Waals surface area contributed by atoms with Gasteiger partial charge in [0, 0.05) is 25.4 Å². The molecule has 0 aromatic heterocycles. The van der Waals surface area contributed by atoms with Gasteiger partial charge in [0.15, 0.2) is 0 Å². The van der Waals surface area contributed by atoms with Gasteiger partial charge in [0.05, 0.1) is 17.0 Å². The summed E-state index contributed by atoms with van der Waals surface area (Å²) >= 11 is 3.81. The van der Waals surface area contributed by atoms with E-state index in [1.807, 2.05) is 6.92 Å². The molecule has 0 aromatic carbocycles. The third kappa shape index (κ3) is 4.61. The molecule has 0 aliphatic heterocycles. The van der Waals surface area contributed by atoms with Crippen LogP contribution in [-0.4, -0.2) is 47.1 Å². The van der Waals surface area contributed by atoms with Crippen molar-refractivity contribution in [3.63, 3.8) is 0 Å². The number of fused-ring (bicyclic) bond motifs is 5. The summed E-state index contributed by atoms with van der Waals surface area (Å²) < 4.78 is 12.0. The first kappa shape index (κ1) is 24.4. The standard InChI is InChI=1S/C26H39BrO5/c1-3-23(30)32-25-18-7-8-20-24(19(18)15-21(25)27)22(29)14-16-13-17(9-10-26(16,20)2)31-12-6-4-5-11-28/h11,14,17-22,24-25,29H,3-10,12-13,15H2,1-2H3/t17-,18-,19?,20?,21+,22-,24?,25+,26-/m0/s1. The molecule has 4 rings (SSSR count). The lowest BCUT2D eigenvalue weighted by atomic mass is 9.50. The summed E-state index contributed by atoms with van der Waals surface area (Å²) in [7, 11) is 0. The zero-order valence-electron chi connectivity index (χ0n) is 19.5. The Morgan fingerprint density at radius 2 is 2.09 bits per heavy atom. The first-order chi connectivity index (χ1) is 15.4. The normalized spacial score (nSPS) is 42.9. The fraction of sp³-hybridized carbons (Fsp3) is 0.846. The molecule has 3 saturated carbocycles. The van der Waals surface area contributed by atoms with E-state index in [0.29, 0.717) is 37.2 Å². The van der Waals surface area contributed by atoms with Crippen LogP contribution in [0.5, 0.6) is 0 Å². The van der Waals surface area contributed by atoms with Crippen LogP contribution in [0, 0.1) is 29.1 Å². The fourth-order valence-corrected chi connectivity index (χ4v) is 8.25. The van der Waals surface area contributed by atoms with Gasteiger partial charge in [0.1, 0.15) is 12.4 Å². The zero-order valence-corrected chi connectivity index (χ0v) is 21.1. The average molecular weight is 511 g/mol. The number of alkyl halides is 1. The van der Waals surface area contributed by atoms with Gasteiger partial charge < -0.3 is 19.4 Å². The highest BCUT2D eigenvalue weighted by Crippen LogP contribution is 2.62. The molecule has 0 aromatic rings. The molecule has 4 aliphatic carbocycles. The maximum atomic E-state index is 12.0. The lowest BCUT2D eigenvalue weighted by molar-refractivity contribution is -0.152. The predicted octanol–water partition coefficient (Wildman–Crippen LogP) is 4.98. The van der Waals surface area contributed by atoms with Crippen LogP contribution in [0.15, 0.2) is 11.6 Å². The SMILES string of the molecule is CCC(=O)O[C@H]1[C@H](Br)CC2C3C(CC[C@@H]21)[C@@]1(C)CC[C@H](OCCCCC=O)CC1=C[C@@H]3O. The fourth-order valence-electron chi connectivity index (χ4n) is 7.32. The number of unbranched alkanes of at least 4 members (excludes halogenated alkanes) is 2. The first-order valence-electron chi connectivity index (χ1n) is 12.7. The maximum absolute atomic E-state index is 12.0. The highest BCUT2D eigenvalue weighted by molar-refractivity contribution is 9.09. The summed E-state index contributed by atoms with van der Waals surface area (Å²) in [6.07, 6.45) is 11.9. The van der Waals surface area contributed by atoms with Gasteiger partial charge in [-0.05, 0) is 74.5 Å². The monoisotopic (exact) mass is 510 g/mol. The lowest BCUT2D eigenvalue weighted by Crippen LogP contribution is -2.52. The summed E-state index contributed by atoms with van der Waals surface area (Å²) in [4.78, 5) is 22.7. The third-order valence-electron chi connectivity index (χ3n) is 8.97. The number of aliphatic hydroxyl groups is 1. The minimum Gasteiger partial charge on any atom is -0.461 e. The number of hydrogen-bond donors (Lipinski definition) is 1. The van der Waals surface area contributed by atoms with Crippen LogP contribution in [0.25, 0.3) is 0 Å². The van der Waals surface area contributed by atoms with Crippen LogP contribution in [-0.2, 0) is 19.1 Å². The van der Waals surface area contributed by atoms with E-state index in [-0.39, 0.29) is 34.3 Å². The molecule has 9 atom stereocenters. The molecule has 0 bridgehead atoms. The van der Waals surface area contributed by atoms with Crippen molar-refractivity contribution in [2.45, 2.75) is 101 Å². The summed E-state index contributed by atoms with van der Waals surface area (Å²) in [5.41, 5.74) is 1.52. The summed E-state index contributed by atoms with van der Waals surface area (Å²) in [6, 6.07) is 0. The van der Waals surface area contributed by atoms with Gasteiger partial charge in [-0.1, -0.05) is 41.4 Å². The van der Waals surface area contributed by atoms with Crippen LogP contribution >= 0.6 is 15.9 Å². The molecule has 5 nitrogen and oxygen atoms in total. The molecule has 0 heterocycles. The Morgan fingerprint density at radius 3 is 2.84 bits per heavy atom. The number of hydrogen-bond acceptors (Lipinski definition) is 5. The van der Waals surface area contributed by atoms with E-state index < -0.39 is 6.10 Å². The molecule has 0 radical (unpaired) electrons. The Bertz CT molecular complexity index is 723. The van der Waals surface area contributed by atoms with Gasteiger partial charge >= 0.3 is 5.97 Å². The van der Waals surface area contributed by atoms with E-state index in [1.54, 1.807) is 0 Å². The van der Waals surface area contributed by atoms with Crippen molar-refractivity contribution in [1.29, 1.82) is 0 Å². The third-order valence-corrected chi connectivity index (χ3v) is 9.87. The number of carbonyl (C=O) groups is 2. The number of ether oxygens (including phenoxy) is 2. The van der Waals surface area contributed by atoms with Crippen LogP contribution < -0.4 is 0 Å². The van der Waals surface area contributed by atoms with E-state index in [4.69, 9.17) is 9.47 Å². The van der Waals surface area contributed by atoms with Crippen molar-refractivity contribution < 1.29 is 24.2 Å². The van der Waals surface area contributed by atoms with Gasteiger partial charge in [-0.2, -0.15) is 0 Å². The number of aliphatic hydroxyl groups excluding tert-OH is 1. The van der Waals surface area contributed by atoms with E-state index >= 15 is 0 Å². The van der Waals surface area contributed by atoms with E-state index in [0.717, 1.165) is 57.7 Å². The highest BCUT2D eigenvalue weighted by atomic mass is 79.9. The maximum Gasteiger partial charge on any atom is 0.305 e. The molecule has 3 unspecified atom stereocenters. The van der Waals surface area contributed by atoms with E-state index in [2.05, 4.69) is 28.9 Å². The number of esters is 1. The van der Waals surface area contributed by atoms with Crippen LogP contribution in [0.1, 0.15) is 78.1 Å². The van der Waals surface area contributed by atoms with Crippen LogP contribution in [0.3, 0.4) is 0 Å². The molecule has 4 aliphatic rings. The Labute approximate surface area is 200 Å². The Kier molecular flexibility index (Phi) is 7.83. The average Bonchev–Trinajstić information content (AvgIpc) is 3.09. The molecule has 1 N–H and O–H groups in total. The van der Waals surface area contributed by atoms with Crippen molar-refractivity contribution >= 4 is 28.2 Å². The zero-order chi connectivity index (χ0) is 22.9. The van der Waals surface area contributed by atoms with Crippen molar-refractivity contribution in [3.8, 4) is 0 Å². The minimum absolute atomic E-state index is 0.0675. The molecule has 0 saturated heterocycles. The smallest absolute Gasteiger partial charge is 0.305 e. The summed E-state index contributed by atoms with van der Waals surface area (Å²) in [6.45, 7) is 4.97. The molecule has 180 valence electrons. The minimum atomic E-state index is -0.428. The number of carbonyl (C=O) groups excluding carboxylic acids is 2. The molecular weight excluding hydrogens is 472 g/mol. The Morgan fingerprint density at radius 1 is 1.28 bits per heavy atom. The van der Waals surface area contributed by atoms with Gasteiger partial charge in [-0.25, -0.2) is 0 Å². The van der Waals surface area contributed by atoms with Crippen molar-refractivity contribution in [2.75, 3.05) is 6.61 Å². The predicted molar refractivity (Wildman–Crippen MR) is 126 cm³/mol. The summed E-state index contributed by atoms with van der Waals surface area (Å²) in [5, 5.41) is 11.3. The topological polar surface area (TPSA) is 72.8 Å². The number of rotatable bonds is 8. The number of aldehydes is 1. The van der Waals surface area contributed by atoms with Gasteiger partial charge in [-0.3, -0.25) is 4.79 Å². The second kappa shape index (κ2) is 10.3. The largest absolute Gasteiger partial charge is 0.461 e. The van der Waals surface area contributed by atoms with Crippen molar-refractivity contribution in [2.24, 2.45) is 29.1 Å². The first-order valence-corrected chi connectivity index (χ1v) is 13.6. The second-order valence-corrected chi connectivity index (χ2v) is 11.8. The molecule has 32 heavy (non-hydrogen) atoms. The van der Waals surface area contributed by atoms with Crippen molar-refractivity contribution in [3.05, 3.63) is 11.6 Å². The van der Waals surface area contributed by atoms with E-state index in [9.17, 15) is 14.7 Å². The number of halogens is 1. The van der Waals surface area contributed by atoms with E-state index in [1.165, 1.54) is 5.57 Å². The van der Waals surface area contributed by atoms with Crippen molar-refractivity contribution in [1.82, 2.24) is 0 Å². The van der Waals surface area contributed by atoms with Gasteiger partial charge in [-0.15, -0.1) is 0 Å². The molecular formula is C26H39BrO5.